The first-order valence-electron chi connectivity index (χ1n) is 7.42. The molecule has 0 bridgehead atoms. The van der Waals surface area contributed by atoms with Crippen molar-refractivity contribution in [2.75, 3.05) is 5.73 Å². The van der Waals surface area contributed by atoms with Gasteiger partial charge < -0.3 is 11.1 Å². The number of nitrogens with one attached hydrogen (secondary N) is 1. The molecule has 0 radical (unpaired) electrons. The van der Waals surface area contributed by atoms with Crippen LogP contribution in [0.25, 0.3) is 0 Å². The molecule has 3 N–H and O–H groups in total. The van der Waals surface area contributed by atoms with Crippen molar-refractivity contribution in [1.29, 1.82) is 0 Å². The highest BCUT2D eigenvalue weighted by Gasteiger charge is 2.07. The molecule has 0 spiro atoms. The predicted molar refractivity (Wildman–Crippen MR) is 93.3 cm³/mol. The third-order valence-electron chi connectivity index (χ3n) is 3.48. The molecule has 3 rings (SSSR count). The Morgan fingerprint density at radius 3 is 2.54 bits per heavy atom. The number of hydrogen-bond donors (Lipinski definition) is 2. The molecule has 122 valence electrons. The van der Waals surface area contributed by atoms with Crippen molar-refractivity contribution in [3.63, 3.8) is 0 Å². The van der Waals surface area contributed by atoms with Gasteiger partial charge in [0, 0.05) is 22.4 Å². The summed E-state index contributed by atoms with van der Waals surface area (Å²) in [5.74, 6) is -0.0308. The summed E-state index contributed by atoms with van der Waals surface area (Å²) in [5, 5.41) is 2.86. The van der Waals surface area contributed by atoms with Crippen molar-refractivity contribution in [1.82, 2.24) is 10.3 Å². The van der Waals surface area contributed by atoms with Crippen LogP contribution in [0.1, 0.15) is 25.7 Å². The molecule has 0 aliphatic rings. The van der Waals surface area contributed by atoms with E-state index in [0.717, 1.165) is 16.9 Å². The second-order valence-corrected chi connectivity index (χ2v) is 6.58. The third kappa shape index (κ3) is 4.17. The first-order valence-corrected chi connectivity index (χ1v) is 8.23. The van der Waals surface area contributed by atoms with Gasteiger partial charge in [-0.2, -0.15) is 0 Å². The minimum Gasteiger partial charge on any atom is -0.384 e. The summed E-state index contributed by atoms with van der Waals surface area (Å²) in [6.07, 6.45) is 2.21. The largest absolute Gasteiger partial charge is 0.384 e. The lowest BCUT2D eigenvalue weighted by molar-refractivity contribution is 0.0951. The second-order valence-electron chi connectivity index (χ2n) is 5.33. The highest BCUT2D eigenvalue weighted by Crippen LogP contribution is 2.20. The van der Waals surface area contributed by atoms with Gasteiger partial charge >= 0.3 is 0 Å². The normalized spacial score (nSPS) is 10.5. The SMILES string of the molecule is Nc1ccc(C(=O)NCc2ccc(Cc3ccc(F)cc3)s2)cn1. The van der Waals surface area contributed by atoms with E-state index >= 15 is 0 Å². The number of aromatic nitrogens is 1. The van der Waals surface area contributed by atoms with Gasteiger partial charge in [0.05, 0.1) is 12.1 Å². The van der Waals surface area contributed by atoms with Gasteiger partial charge in [-0.05, 0) is 42.0 Å². The maximum atomic E-state index is 12.9. The Labute approximate surface area is 143 Å². The molecule has 0 aliphatic heterocycles. The van der Waals surface area contributed by atoms with Crippen LogP contribution in [0.5, 0.6) is 0 Å². The molecular formula is C18H16FN3OS. The van der Waals surface area contributed by atoms with Crippen LogP contribution in [0.4, 0.5) is 10.2 Å². The molecule has 1 aromatic carbocycles. The maximum Gasteiger partial charge on any atom is 0.253 e. The van der Waals surface area contributed by atoms with E-state index in [4.69, 9.17) is 5.73 Å². The second kappa shape index (κ2) is 7.23. The van der Waals surface area contributed by atoms with Crippen molar-refractivity contribution < 1.29 is 9.18 Å². The first kappa shape index (κ1) is 16.1. The van der Waals surface area contributed by atoms with Crippen LogP contribution in [-0.2, 0) is 13.0 Å². The predicted octanol–water partition coefficient (Wildman–Crippen LogP) is 3.39. The Kier molecular flexibility index (Phi) is 4.86. The number of nitrogens with zero attached hydrogens (tertiary/aromatic N) is 1. The number of nitrogen functional groups attached to an aromatic ring is 1. The summed E-state index contributed by atoms with van der Waals surface area (Å²) in [6.45, 7) is 0.456. The van der Waals surface area contributed by atoms with Crippen LogP contribution in [-0.4, -0.2) is 10.9 Å². The molecule has 6 heteroatoms. The summed E-state index contributed by atoms with van der Waals surface area (Å²) in [4.78, 5) is 18.2. The fraction of sp³-hybridized carbons (Fsp3) is 0.111. The van der Waals surface area contributed by atoms with E-state index in [-0.39, 0.29) is 11.7 Å². The minimum atomic E-state index is -0.231. The van der Waals surface area contributed by atoms with Crippen molar-refractivity contribution in [2.24, 2.45) is 0 Å². The van der Waals surface area contributed by atoms with Crippen molar-refractivity contribution in [3.05, 3.63) is 81.4 Å². The van der Waals surface area contributed by atoms with Crippen molar-refractivity contribution in [2.45, 2.75) is 13.0 Å². The lowest BCUT2D eigenvalue weighted by Crippen LogP contribution is -2.22. The van der Waals surface area contributed by atoms with Crippen molar-refractivity contribution >= 4 is 23.1 Å². The molecule has 2 heterocycles. The molecule has 0 aliphatic carbocycles. The molecule has 1 amide bonds. The molecular weight excluding hydrogens is 325 g/mol. The van der Waals surface area contributed by atoms with E-state index in [2.05, 4.69) is 10.3 Å². The summed E-state index contributed by atoms with van der Waals surface area (Å²) < 4.78 is 12.9. The smallest absolute Gasteiger partial charge is 0.253 e. The number of anilines is 1. The summed E-state index contributed by atoms with van der Waals surface area (Å²) in [7, 11) is 0. The number of carbonyl (C=O) groups is 1. The molecule has 0 saturated heterocycles. The fourth-order valence-electron chi connectivity index (χ4n) is 2.22. The average Bonchev–Trinajstić information content (AvgIpc) is 3.03. The summed E-state index contributed by atoms with van der Waals surface area (Å²) >= 11 is 1.63. The number of carbonyl (C=O) groups excluding carboxylic acids is 1. The molecule has 0 unspecified atom stereocenters. The number of thiophene rings is 1. The lowest BCUT2D eigenvalue weighted by atomic mass is 10.1. The van der Waals surface area contributed by atoms with E-state index in [9.17, 15) is 9.18 Å². The van der Waals surface area contributed by atoms with Gasteiger partial charge in [-0.3, -0.25) is 4.79 Å². The minimum absolute atomic E-state index is 0.184. The maximum absolute atomic E-state index is 12.9. The Morgan fingerprint density at radius 1 is 1.08 bits per heavy atom. The zero-order valence-corrected chi connectivity index (χ0v) is 13.6. The third-order valence-corrected chi connectivity index (χ3v) is 4.57. The summed E-state index contributed by atoms with van der Waals surface area (Å²) in [5.41, 5.74) is 7.04. The lowest BCUT2D eigenvalue weighted by Gasteiger charge is -2.03. The molecule has 2 aromatic heterocycles. The molecule has 0 fully saturated rings. The Bertz CT molecular complexity index is 828. The zero-order valence-electron chi connectivity index (χ0n) is 12.8. The molecule has 0 saturated carbocycles. The number of nitrogens with two attached hydrogens (primary N) is 1. The van der Waals surface area contributed by atoms with E-state index in [1.165, 1.54) is 23.2 Å². The number of rotatable bonds is 5. The van der Waals surface area contributed by atoms with Gasteiger partial charge in [0.1, 0.15) is 11.6 Å². The Morgan fingerprint density at radius 2 is 1.83 bits per heavy atom. The van der Waals surface area contributed by atoms with E-state index in [0.29, 0.717) is 17.9 Å². The zero-order chi connectivity index (χ0) is 16.9. The highest BCUT2D eigenvalue weighted by molar-refractivity contribution is 7.12. The van der Waals surface area contributed by atoms with E-state index in [1.54, 1.807) is 35.6 Å². The molecule has 3 aromatic rings. The summed E-state index contributed by atoms with van der Waals surface area (Å²) in [6, 6.07) is 13.8. The van der Waals surface area contributed by atoms with Gasteiger partial charge in [0.2, 0.25) is 0 Å². The highest BCUT2D eigenvalue weighted by atomic mass is 32.1. The van der Waals surface area contributed by atoms with Crippen LogP contribution in [0.2, 0.25) is 0 Å². The number of amides is 1. The quantitative estimate of drug-likeness (QED) is 0.747. The topological polar surface area (TPSA) is 68.0 Å². The number of halogens is 1. The van der Waals surface area contributed by atoms with E-state index < -0.39 is 0 Å². The van der Waals surface area contributed by atoms with Crippen LogP contribution >= 0.6 is 11.3 Å². The van der Waals surface area contributed by atoms with Gasteiger partial charge in [-0.1, -0.05) is 12.1 Å². The molecule has 0 atom stereocenters. The van der Waals surface area contributed by atoms with Gasteiger partial charge in [0.25, 0.3) is 5.91 Å². The number of pyridine rings is 1. The monoisotopic (exact) mass is 341 g/mol. The van der Waals surface area contributed by atoms with Crippen LogP contribution in [0.15, 0.2) is 54.7 Å². The average molecular weight is 341 g/mol. The standard InChI is InChI=1S/C18H16FN3OS/c19-14-4-1-12(2-5-14)9-15-6-7-16(24-15)11-22-18(23)13-3-8-17(20)21-10-13/h1-8,10H,9,11H2,(H2,20,21)(H,22,23). The Balaban J connectivity index is 1.56. The number of hydrogen-bond acceptors (Lipinski definition) is 4. The van der Waals surface area contributed by atoms with Crippen molar-refractivity contribution in [3.8, 4) is 0 Å². The van der Waals surface area contributed by atoms with E-state index in [1.807, 2.05) is 12.1 Å². The molecule has 24 heavy (non-hydrogen) atoms. The van der Waals surface area contributed by atoms with Gasteiger partial charge in [-0.15, -0.1) is 11.3 Å². The van der Waals surface area contributed by atoms with Crippen LogP contribution in [0.3, 0.4) is 0 Å². The first-order chi connectivity index (χ1) is 11.6. The van der Waals surface area contributed by atoms with Gasteiger partial charge in [0.15, 0.2) is 0 Å². The number of benzene rings is 1. The molecule has 4 nitrogen and oxygen atoms in total. The fourth-order valence-corrected chi connectivity index (χ4v) is 3.22. The van der Waals surface area contributed by atoms with Crippen LogP contribution in [0, 0.1) is 5.82 Å². The Hall–Kier alpha value is -2.73. The van der Waals surface area contributed by atoms with Gasteiger partial charge in [-0.25, -0.2) is 9.37 Å². The van der Waals surface area contributed by atoms with Crippen LogP contribution < -0.4 is 11.1 Å².